The van der Waals surface area contributed by atoms with E-state index in [2.05, 4.69) is 15.6 Å². The number of carbonyl (C=O) groups excluding carboxylic acids is 2. The van der Waals surface area contributed by atoms with Crippen molar-refractivity contribution in [1.29, 1.82) is 0 Å². The highest BCUT2D eigenvalue weighted by molar-refractivity contribution is 6.31. The second-order valence-corrected chi connectivity index (χ2v) is 8.89. The van der Waals surface area contributed by atoms with E-state index in [1.165, 1.54) is 12.1 Å². The number of likely N-dealkylation sites (tertiary alicyclic amines) is 1. The van der Waals surface area contributed by atoms with Crippen LogP contribution >= 0.6 is 11.6 Å². The Balaban J connectivity index is 1.85. The van der Waals surface area contributed by atoms with Crippen LogP contribution in [0.4, 0.5) is 4.39 Å². The third-order valence-corrected chi connectivity index (χ3v) is 6.40. The molecule has 2 amide bonds. The number of aliphatic hydroxyl groups excluding tert-OH is 1. The lowest BCUT2D eigenvalue weighted by Crippen LogP contribution is -2.56. The molecule has 1 fully saturated rings. The molecule has 2 aromatic rings. The minimum Gasteiger partial charge on any atom is -0.391 e. The molecule has 170 valence electrons. The van der Waals surface area contributed by atoms with E-state index in [0.717, 1.165) is 10.9 Å². The number of hydrogen-bond donors (Lipinski definition) is 4. The van der Waals surface area contributed by atoms with Crippen molar-refractivity contribution >= 4 is 34.3 Å². The molecule has 0 aliphatic carbocycles. The molecule has 1 saturated heterocycles. The molecular formula is C22H30ClFN4O3. The van der Waals surface area contributed by atoms with Crippen LogP contribution in [0.1, 0.15) is 32.8 Å². The topological polar surface area (TPSA) is 97.5 Å². The first kappa shape index (κ1) is 23.5. The summed E-state index contributed by atoms with van der Waals surface area (Å²) in [4.78, 5) is 30.4. The maximum atomic E-state index is 13.6. The third-order valence-electron chi connectivity index (χ3n) is 6.08. The minimum absolute atomic E-state index is 0.126. The number of aliphatic hydroxyl groups is 1. The summed E-state index contributed by atoms with van der Waals surface area (Å²) in [5, 5.41) is 17.5. The van der Waals surface area contributed by atoms with Crippen molar-refractivity contribution < 1.29 is 19.1 Å². The van der Waals surface area contributed by atoms with Crippen LogP contribution in [0.15, 0.2) is 18.2 Å². The zero-order chi connectivity index (χ0) is 22.9. The summed E-state index contributed by atoms with van der Waals surface area (Å²) < 4.78 is 13.6. The normalized spacial score (nSPS) is 21.0. The number of aromatic nitrogens is 1. The summed E-state index contributed by atoms with van der Waals surface area (Å²) in [5.41, 5.74) is 1.30. The van der Waals surface area contributed by atoms with Crippen LogP contribution in [-0.2, 0) is 16.0 Å². The van der Waals surface area contributed by atoms with Gasteiger partial charge in [-0.2, -0.15) is 0 Å². The van der Waals surface area contributed by atoms with Gasteiger partial charge in [-0.1, -0.05) is 25.4 Å². The fourth-order valence-electron chi connectivity index (χ4n) is 4.06. The molecule has 4 atom stereocenters. The van der Waals surface area contributed by atoms with Crippen LogP contribution in [0.25, 0.3) is 10.9 Å². The lowest BCUT2D eigenvalue weighted by Gasteiger charge is -2.32. The van der Waals surface area contributed by atoms with Crippen molar-refractivity contribution in [2.45, 2.75) is 57.8 Å². The van der Waals surface area contributed by atoms with Gasteiger partial charge in [0.25, 0.3) is 0 Å². The Morgan fingerprint density at radius 1 is 1.35 bits per heavy atom. The number of amides is 2. The monoisotopic (exact) mass is 452 g/mol. The quantitative estimate of drug-likeness (QED) is 0.517. The standard InChI is InChI=1S/C22H30ClFN4O3/c1-11(2)19(27-21(30)12(3)25-4)22(31)28-8-7-18(29)17(28)10-15-14-6-5-13(24)9-16(14)26-20(15)23/h5-6,9,11-12,17-19,25-26,29H,7-8,10H2,1-4H3,(H,27,30)/t12-,17-,18?,19-/m0/s1. The van der Waals surface area contributed by atoms with Gasteiger partial charge in [-0.05, 0) is 56.5 Å². The second kappa shape index (κ2) is 9.54. The molecule has 0 radical (unpaired) electrons. The van der Waals surface area contributed by atoms with E-state index in [4.69, 9.17) is 11.6 Å². The van der Waals surface area contributed by atoms with Gasteiger partial charge >= 0.3 is 0 Å². The molecule has 0 saturated carbocycles. The fraction of sp³-hybridized carbons (Fsp3) is 0.545. The largest absolute Gasteiger partial charge is 0.391 e. The van der Waals surface area contributed by atoms with Crippen LogP contribution in [0.5, 0.6) is 0 Å². The number of carbonyl (C=O) groups is 2. The van der Waals surface area contributed by atoms with E-state index in [1.54, 1.807) is 24.9 Å². The summed E-state index contributed by atoms with van der Waals surface area (Å²) in [6, 6.07) is 2.74. The molecule has 1 aromatic carbocycles. The van der Waals surface area contributed by atoms with Gasteiger partial charge in [0.05, 0.1) is 18.2 Å². The van der Waals surface area contributed by atoms with E-state index in [1.807, 2.05) is 13.8 Å². The van der Waals surface area contributed by atoms with E-state index in [9.17, 15) is 19.1 Å². The van der Waals surface area contributed by atoms with Crippen LogP contribution in [0.2, 0.25) is 5.15 Å². The molecule has 31 heavy (non-hydrogen) atoms. The highest BCUT2D eigenvalue weighted by Crippen LogP contribution is 2.32. The number of nitrogens with zero attached hydrogens (tertiary/aromatic N) is 1. The van der Waals surface area contributed by atoms with Crippen molar-refractivity contribution in [1.82, 2.24) is 20.5 Å². The summed E-state index contributed by atoms with van der Waals surface area (Å²) in [5.74, 6) is -0.984. The molecule has 0 spiro atoms. The smallest absolute Gasteiger partial charge is 0.245 e. The molecular weight excluding hydrogens is 423 g/mol. The maximum Gasteiger partial charge on any atom is 0.245 e. The Morgan fingerprint density at radius 3 is 2.71 bits per heavy atom. The van der Waals surface area contributed by atoms with Gasteiger partial charge in [0.15, 0.2) is 0 Å². The predicted molar refractivity (Wildman–Crippen MR) is 118 cm³/mol. The average molecular weight is 453 g/mol. The molecule has 0 bridgehead atoms. The van der Waals surface area contributed by atoms with Gasteiger partial charge in [-0.15, -0.1) is 0 Å². The highest BCUT2D eigenvalue weighted by atomic mass is 35.5. The van der Waals surface area contributed by atoms with Gasteiger partial charge in [0.2, 0.25) is 11.8 Å². The Morgan fingerprint density at radius 2 is 2.06 bits per heavy atom. The number of aromatic amines is 1. The van der Waals surface area contributed by atoms with Crippen LogP contribution < -0.4 is 10.6 Å². The van der Waals surface area contributed by atoms with Crippen LogP contribution in [0, 0.1) is 11.7 Å². The molecule has 1 aliphatic rings. The van der Waals surface area contributed by atoms with Gasteiger partial charge in [-0.25, -0.2) is 4.39 Å². The Labute approximate surface area is 186 Å². The first-order chi connectivity index (χ1) is 14.6. The second-order valence-electron chi connectivity index (χ2n) is 8.51. The number of benzene rings is 1. The van der Waals surface area contributed by atoms with Crippen molar-refractivity contribution in [3.8, 4) is 0 Å². The molecule has 3 rings (SSSR count). The molecule has 1 aliphatic heterocycles. The summed E-state index contributed by atoms with van der Waals surface area (Å²) >= 11 is 6.38. The number of H-pyrrole nitrogens is 1. The number of nitrogens with one attached hydrogen (secondary N) is 3. The molecule has 7 nitrogen and oxygen atoms in total. The van der Waals surface area contributed by atoms with Crippen molar-refractivity contribution in [3.05, 3.63) is 34.7 Å². The van der Waals surface area contributed by atoms with Gasteiger partial charge in [-0.3, -0.25) is 9.59 Å². The van der Waals surface area contributed by atoms with E-state index in [0.29, 0.717) is 30.1 Å². The molecule has 1 unspecified atom stereocenters. The summed E-state index contributed by atoms with van der Waals surface area (Å²) in [6.45, 7) is 5.86. The summed E-state index contributed by atoms with van der Waals surface area (Å²) in [6.07, 6.45) is 0.0462. The van der Waals surface area contributed by atoms with E-state index >= 15 is 0 Å². The lowest BCUT2D eigenvalue weighted by atomic mass is 9.98. The van der Waals surface area contributed by atoms with Gasteiger partial charge < -0.3 is 25.6 Å². The zero-order valence-electron chi connectivity index (χ0n) is 18.2. The Hall–Kier alpha value is -2.16. The number of hydrogen-bond acceptors (Lipinski definition) is 4. The third kappa shape index (κ3) is 4.86. The molecule has 1 aromatic heterocycles. The minimum atomic E-state index is -0.717. The SMILES string of the molecule is CN[C@@H](C)C(=O)N[C@H](C(=O)N1CCC(O)[C@@H]1Cc1c(Cl)[nH]c2cc(F)ccc12)C(C)C. The zero-order valence-corrected chi connectivity index (χ0v) is 19.0. The molecule has 2 heterocycles. The van der Waals surface area contributed by atoms with E-state index < -0.39 is 24.2 Å². The van der Waals surface area contributed by atoms with Gasteiger partial charge in [0, 0.05) is 17.4 Å². The van der Waals surface area contributed by atoms with Gasteiger partial charge in [0.1, 0.15) is 17.0 Å². The predicted octanol–water partition coefficient (Wildman–Crippen LogP) is 2.21. The number of rotatable bonds is 7. The van der Waals surface area contributed by atoms with Crippen molar-refractivity contribution in [2.75, 3.05) is 13.6 Å². The first-order valence-corrected chi connectivity index (χ1v) is 10.9. The van der Waals surface area contributed by atoms with Crippen molar-refractivity contribution in [3.63, 3.8) is 0 Å². The van der Waals surface area contributed by atoms with E-state index in [-0.39, 0.29) is 23.5 Å². The average Bonchev–Trinajstić information content (AvgIpc) is 3.23. The fourth-order valence-corrected chi connectivity index (χ4v) is 4.34. The van der Waals surface area contributed by atoms with Crippen LogP contribution in [0.3, 0.4) is 0 Å². The molecule has 9 heteroatoms. The first-order valence-electron chi connectivity index (χ1n) is 10.6. The maximum absolute atomic E-state index is 13.6. The Kier molecular flexibility index (Phi) is 7.24. The lowest BCUT2D eigenvalue weighted by molar-refractivity contribution is -0.139. The van der Waals surface area contributed by atoms with Crippen molar-refractivity contribution in [2.24, 2.45) is 5.92 Å². The number of halogens is 2. The Bertz CT molecular complexity index is 964. The number of fused-ring (bicyclic) bond motifs is 1. The van der Waals surface area contributed by atoms with Crippen LogP contribution in [-0.4, -0.2) is 64.6 Å². The highest BCUT2D eigenvalue weighted by Gasteiger charge is 2.40. The summed E-state index contributed by atoms with van der Waals surface area (Å²) in [7, 11) is 1.68. The molecule has 4 N–H and O–H groups in total. The number of likely N-dealkylation sites (N-methyl/N-ethyl adjacent to an activating group) is 1.